The molecule has 2 aromatic heterocycles. The van der Waals surface area contributed by atoms with Crippen molar-refractivity contribution in [2.45, 2.75) is 6.54 Å². The molecule has 2 aromatic rings. The van der Waals surface area contributed by atoms with Gasteiger partial charge in [0.15, 0.2) is 0 Å². The summed E-state index contributed by atoms with van der Waals surface area (Å²) in [4.78, 5) is 24.7. The molecule has 122 valence electrons. The van der Waals surface area contributed by atoms with Crippen molar-refractivity contribution in [1.29, 1.82) is 0 Å². The molecule has 0 saturated heterocycles. The molecule has 2 heterocycles. The largest absolute Gasteiger partial charge is 0.383 e. The lowest BCUT2D eigenvalue weighted by Crippen LogP contribution is -2.33. The Morgan fingerprint density at radius 2 is 1.91 bits per heavy atom. The highest BCUT2D eigenvalue weighted by Crippen LogP contribution is 2.12. The molecule has 0 spiro atoms. The van der Waals surface area contributed by atoms with E-state index in [-0.39, 0.29) is 5.91 Å². The molecule has 0 atom stereocenters. The van der Waals surface area contributed by atoms with E-state index in [1.54, 1.807) is 36.7 Å². The SMILES string of the molecule is COCCN(Cc1ccncc1)C(=O)c1ccc(N(C)C)nc1. The second-order valence-corrected chi connectivity index (χ2v) is 5.37. The molecule has 2 rings (SSSR count). The van der Waals surface area contributed by atoms with Crippen LogP contribution in [0.1, 0.15) is 15.9 Å². The molecular weight excluding hydrogens is 292 g/mol. The van der Waals surface area contributed by atoms with Gasteiger partial charge in [0, 0.05) is 52.9 Å². The predicted octanol–water partition coefficient (Wildman–Crippen LogP) is 1.83. The normalized spacial score (nSPS) is 10.4. The fourth-order valence-corrected chi connectivity index (χ4v) is 2.12. The fraction of sp³-hybridized carbons (Fsp3) is 0.353. The van der Waals surface area contributed by atoms with E-state index in [1.165, 1.54) is 0 Å². The molecule has 0 aromatic carbocycles. The van der Waals surface area contributed by atoms with Crippen LogP contribution in [0.25, 0.3) is 0 Å². The summed E-state index contributed by atoms with van der Waals surface area (Å²) in [6, 6.07) is 7.45. The zero-order valence-electron chi connectivity index (χ0n) is 13.8. The average Bonchev–Trinajstić information content (AvgIpc) is 2.59. The van der Waals surface area contributed by atoms with Gasteiger partial charge in [0.25, 0.3) is 5.91 Å². The quantitative estimate of drug-likeness (QED) is 0.780. The molecule has 0 aliphatic carbocycles. The van der Waals surface area contributed by atoms with E-state index in [9.17, 15) is 4.79 Å². The van der Waals surface area contributed by atoms with Gasteiger partial charge >= 0.3 is 0 Å². The molecule has 0 radical (unpaired) electrons. The van der Waals surface area contributed by atoms with Crippen LogP contribution in [0.5, 0.6) is 0 Å². The molecule has 0 aliphatic heterocycles. The van der Waals surface area contributed by atoms with Crippen LogP contribution in [0.15, 0.2) is 42.9 Å². The Labute approximate surface area is 136 Å². The van der Waals surface area contributed by atoms with Gasteiger partial charge in [-0.2, -0.15) is 0 Å². The van der Waals surface area contributed by atoms with E-state index < -0.39 is 0 Å². The molecule has 0 N–H and O–H groups in total. The number of ether oxygens (including phenoxy) is 1. The van der Waals surface area contributed by atoms with Crippen LogP contribution in [0.2, 0.25) is 0 Å². The molecule has 0 fully saturated rings. The number of anilines is 1. The fourth-order valence-electron chi connectivity index (χ4n) is 2.12. The number of pyridine rings is 2. The third kappa shape index (κ3) is 4.75. The van der Waals surface area contributed by atoms with E-state index in [2.05, 4.69) is 9.97 Å². The number of hydrogen-bond acceptors (Lipinski definition) is 5. The lowest BCUT2D eigenvalue weighted by Gasteiger charge is -2.22. The van der Waals surface area contributed by atoms with Gasteiger partial charge in [-0.15, -0.1) is 0 Å². The standard InChI is InChI=1S/C17H22N4O2/c1-20(2)16-5-4-15(12-19-16)17(22)21(10-11-23-3)13-14-6-8-18-9-7-14/h4-9,12H,10-11,13H2,1-3H3. The summed E-state index contributed by atoms with van der Waals surface area (Å²) < 4.78 is 5.12. The Morgan fingerprint density at radius 1 is 1.17 bits per heavy atom. The summed E-state index contributed by atoms with van der Waals surface area (Å²) in [5.41, 5.74) is 1.60. The average molecular weight is 314 g/mol. The summed E-state index contributed by atoms with van der Waals surface area (Å²) >= 11 is 0. The Hall–Kier alpha value is -2.47. The highest BCUT2D eigenvalue weighted by Gasteiger charge is 2.16. The third-order valence-corrected chi connectivity index (χ3v) is 3.43. The molecule has 6 nitrogen and oxygen atoms in total. The van der Waals surface area contributed by atoms with Gasteiger partial charge in [-0.3, -0.25) is 9.78 Å². The lowest BCUT2D eigenvalue weighted by atomic mass is 10.2. The van der Waals surface area contributed by atoms with Gasteiger partial charge in [-0.1, -0.05) is 0 Å². The van der Waals surface area contributed by atoms with Crippen LogP contribution in [-0.4, -0.2) is 55.1 Å². The third-order valence-electron chi connectivity index (χ3n) is 3.43. The van der Waals surface area contributed by atoms with E-state index in [0.29, 0.717) is 25.3 Å². The second kappa shape index (κ2) is 8.24. The number of carbonyl (C=O) groups excluding carboxylic acids is 1. The number of nitrogens with zero attached hydrogens (tertiary/aromatic N) is 4. The van der Waals surface area contributed by atoms with Gasteiger partial charge < -0.3 is 14.5 Å². The molecule has 0 saturated carbocycles. The first-order chi connectivity index (χ1) is 11.1. The van der Waals surface area contributed by atoms with Crippen molar-refractivity contribution in [1.82, 2.24) is 14.9 Å². The van der Waals surface area contributed by atoms with E-state index >= 15 is 0 Å². The van der Waals surface area contributed by atoms with E-state index in [4.69, 9.17) is 4.74 Å². The van der Waals surface area contributed by atoms with Crippen LogP contribution < -0.4 is 4.90 Å². The maximum atomic E-state index is 12.7. The highest BCUT2D eigenvalue weighted by molar-refractivity contribution is 5.94. The lowest BCUT2D eigenvalue weighted by molar-refractivity contribution is 0.0680. The van der Waals surface area contributed by atoms with Gasteiger partial charge in [0.2, 0.25) is 0 Å². The number of carbonyl (C=O) groups is 1. The first kappa shape index (κ1) is 16.9. The highest BCUT2D eigenvalue weighted by atomic mass is 16.5. The summed E-state index contributed by atoms with van der Waals surface area (Å²) in [5, 5.41) is 0. The van der Waals surface area contributed by atoms with Gasteiger partial charge in [-0.25, -0.2) is 4.98 Å². The second-order valence-electron chi connectivity index (χ2n) is 5.37. The summed E-state index contributed by atoms with van der Waals surface area (Å²) in [5.74, 6) is 0.760. The van der Waals surface area contributed by atoms with Gasteiger partial charge in [-0.05, 0) is 29.8 Å². The minimum atomic E-state index is -0.0586. The number of rotatable bonds is 7. The minimum Gasteiger partial charge on any atom is -0.383 e. The summed E-state index contributed by atoms with van der Waals surface area (Å²) in [6.07, 6.45) is 5.06. The number of amides is 1. The molecule has 0 aliphatic rings. The smallest absolute Gasteiger partial charge is 0.255 e. The maximum Gasteiger partial charge on any atom is 0.255 e. The van der Waals surface area contributed by atoms with Gasteiger partial charge in [0.1, 0.15) is 5.82 Å². The molecule has 0 unspecified atom stereocenters. The number of hydrogen-bond donors (Lipinski definition) is 0. The van der Waals surface area contributed by atoms with Crippen molar-refractivity contribution in [2.24, 2.45) is 0 Å². The zero-order valence-corrected chi connectivity index (χ0v) is 13.8. The van der Waals surface area contributed by atoms with Crippen LogP contribution in [0.4, 0.5) is 5.82 Å². The first-order valence-electron chi connectivity index (χ1n) is 7.42. The van der Waals surface area contributed by atoms with Crippen molar-refractivity contribution in [3.05, 3.63) is 54.0 Å². The molecule has 23 heavy (non-hydrogen) atoms. The first-order valence-corrected chi connectivity index (χ1v) is 7.42. The zero-order chi connectivity index (χ0) is 16.7. The Kier molecular flexibility index (Phi) is 6.05. The predicted molar refractivity (Wildman–Crippen MR) is 89.4 cm³/mol. The van der Waals surface area contributed by atoms with Crippen molar-refractivity contribution in [2.75, 3.05) is 39.3 Å². The molecule has 0 bridgehead atoms. The topological polar surface area (TPSA) is 58.6 Å². The Balaban J connectivity index is 2.15. The van der Waals surface area contributed by atoms with Crippen LogP contribution in [0, 0.1) is 0 Å². The van der Waals surface area contributed by atoms with Crippen molar-refractivity contribution in [3.63, 3.8) is 0 Å². The van der Waals surface area contributed by atoms with E-state index in [0.717, 1.165) is 11.4 Å². The van der Waals surface area contributed by atoms with E-state index in [1.807, 2.05) is 37.2 Å². The molecule has 6 heteroatoms. The van der Waals surface area contributed by atoms with Crippen molar-refractivity contribution >= 4 is 11.7 Å². The van der Waals surface area contributed by atoms with Crippen molar-refractivity contribution < 1.29 is 9.53 Å². The number of methoxy groups -OCH3 is 1. The van der Waals surface area contributed by atoms with Crippen molar-refractivity contribution in [3.8, 4) is 0 Å². The van der Waals surface area contributed by atoms with Crippen LogP contribution in [0.3, 0.4) is 0 Å². The van der Waals surface area contributed by atoms with Crippen LogP contribution in [-0.2, 0) is 11.3 Å². The minimum absolute atomic E-state index is 0.0586. The van der Waals surface area contributed by atoms with Gasteiger partial charge in [0.05, 0.1) is 12.2 Å². The molecular formula is C17H22N4O2. The summed E-state index contributed by atoms with van der Waals surface area (Å²) in [7, 11) is 5.46. The Bertz CT molecular complexity index is 614. The molecule has 1 amide bonds. The van der Waals surface area contributed by atoms with Crippen LogP contribution >= 0.6 is 0 Å². The number of aromatic nitrogens is 2. The summed E-state index contributed by atoms with van der Waals surface area (Å²) in [6.45, 7) is 1.52. The monoisotopic (exact) mass is 314 g/mol. The maximum absolute atomic E-state index is 12.7. The Morgan fingerprint density at radius 3 is 2.48 bits per heavy atom.